The average Bonchev–Trinajstić information content (AvgIpc) is 2.85. The Balaban J connectivity index is 1.79. The number of amides is 1. The molecule has 0 fully saturated rings. The highest BCUT2D eigenvalue weighted by molar-refractivity contribution is 6.03. The number of aliphatic hydroxyl groups is 1. The van der Waals surface area contributed by atoms with Gasteiger partial charge in [0.25, 0.3) is 5.91 Å². The van der Waals surface area contributed by atoms with E-state index in [9.17, 15) is 9.90 Å². The van der Waals surface area contributed by atoms with Crippen molar-refractivity contribution in [2.75, 3.05) is 6.54 Å². The number of aromatic nitrogens is 2. The van der Waals surface area contributed by atoms with Crippen molar-refractivity contribution in [2.45, 2.75) is 19.9 Å². The molecular formula is C17H17N3O3. The molecule has 1 aliphatic heterocycles. The second-order valence-electron chi connectivity index (χ2n) is 5.53. The molecule has 0 radical (unpaired) electrons. The number of carbonyl (C=O) groups excluding carboxylic acids is 1. The molecule has 3 rings (SSSR count). The maximum absolute atomic E-state index is 12.0. The molecule has 0 bridgehead atoms. The van der Waals surface area contributed by atoms with E-state index in [0.717, 1.165) is 0 Å². The van der Waals surface area contributed by atoms with Crippen LogP contribution < -0.4 is 4.74 Å². The first kappa shape index (κ1) is 15.0. The van der Waals surface area contributed by atoms with Crippen LogP contribution in [0, 0.1) is 0 Å². The zero-order valence-corrected chi connectivity index (χ0v) is 12.9. The Morgan fingerprint density at radius 2 is 1.87 bits per heavy atom. The van der Waals surface area contributed by atoms with Gasteiger partial charge in [-0.05, 0) is 32.0 Å². The summed E-state index contributed by atoms with van der Waals surface area (Å²) >= 11 is 0. The number of nitrogens with zero attached hydrogens (tertiary/aromatic N) is 3. The van der Waals surface area contributed by atoms with E-state index in [2.05, 4.69) is 10.2 Å². The van der Waals surface area contributed by atoms with Crippen LogP contribution in [0.2, 0.25) is 0 Å². The topological polar surface area (TPSA) is 75.6 Å². The molecule has 2 aromatic rings. The van der Waals surface area contributed by atoms with Gasteiger partial charge in [0.05, 0.1) is 12.2 Å². The lowest BCUT2D eigenvalue weighted by Crippen LogP contribution is -2.33. The molecule has 1 aliphatic rings. The van der Waals surface area contributed by atoms with E-state index >= 15 is 0 Å². The van der Waals surface area contributed by atoms with Crippen molar-refractivity contribution in [1.82, 2.24) is 15.1 Å². The summed E-state index contributed by atoms with van der Waals surface area (Å²) in [7, 11) is 0. The molecule has 0 saturated heterocycles. The van der Waals surface area contributed by atoms with Crippen LogP contribution >= 0.6 is 0 Å². The van der Waals surface area contributed by atoms with Gasteiger partial charge in [-0.15, -0.1) is 10.2 Å². The van der Waals surface area contributed by atoms with Crippen LogP contribution in [0.15, 0.2) is 48.2 Å². The summed E-state index contributed by atoms with van der Waals surface area (Å²) < 4.78 is 5.57. The minimum absolute atomic E-state index is 0.01000. The maximum Gasteiger partial charge on any atom is 0.289 e. The molecule has 1 aromatic carbocycles. The largest absolute Gasteiger partial charge is 0.503 e. The summed E-state index contributed by atoms with van der Waals surface area (Å²) in [4.78, 5) is 13.6. The van der Waals surface area contributed by atoms with Gasteiger partial charge in [0.2, 0.25) is 5.88 Å². The van der Waals surface area contributed by atoms with Gasteiger partial charge in [-0.1, -0.05) is 18.2 Å². The monoisotopic (exact) mass is 311 g/mol. The molecule has 0 aliphatic carbocycles. The first-order valence-corrected chi connectivity index (χ1v) is 7.36. The van der Waals surface area contributed by atoms with Crippen LogP contribution in [0.5, 0.6) is 11.6 Å². The maximum atomic E-state index is 12.0. The number of para-hydroxylation sites is 1. The van der Waals surface area contributed by atoms with Crippen LogP contribution in [-0.4, -0.2) is 38.7 Å². The number of aliphatic hydroxyl groups excluding tert-OH is 1. The zero-order chi connectivity index (χ0) is 16.4. The van der Waals surface area contributed by atoms with Crippen LogP contribution in [0.1, 0.15) is 19.5 Å². The normalized spacial score (nSPS) is 14.7. The van der Waals surface area contributed by atoms with Crippen molar-refractivity contribution < 1.29 is 14.6 Å². The quantitative estimate of drug-likeness (QED) is 0.939. The predicted octanol–water partition coefficient (Wildman–Crippen LogP) is 2.79. The van der Waals surface area contributed by atoms with Gasteiger partial charge in [0.1, 0.15) is 5.75 Å². The number of rotatable bonds is 4. The highest BCUT2D eigenvalue weighted by Gasteiger charge is 2.33. The molecule has 0 unspecified atom stereocenters. The molecule has 23 heavy (non-hydrogen) atoms. The lowest BCUT2D eigenvalue weighted by molar-refractivity contribution is -0.129. The van der Waals surface area contributed by atoms with Crippen molar-refractivity contribution in [2.24, 2.45) is 0 Å². The van der Waals surface area contributed by atoms with Crippen LogP contribution in [0.3, 0.4) is 0 Å². The summed E-state index contributed by atoms with van der Waals surface area (Å²) in [5, 5.41) is 18.1. The minimum Gasteiger partial charge on any atom is -0.503 e. The van der Waals surface area contributed by atoms with E-state index in [-0.39, 0.29) is 17.7 Å². The Hall–Kier alpha value is -2.89. The number of hydrogen-bond donors (Lipinski definition) is 1. The number of ether oxygens (including phenoxy) is 1. The van der Waals surface area contributed by atoms with Crippen LogP contribution in [0.25, 0.3) is 5.57 Å². The molecule has 0 spiro atoms. The highest BCUT2D eigenvalue weighted by Crippen LogP contribution is 2.27. The van der Waals surface area contributed by atoms with E-state index in [0.29, 0.717) is 29.4 Å². The minimum atomic E-state index is -0.374. The predicted molar refractivity (Wildman–Crippen MR) is 84.9 cm³/mol. The Bertz CT molecular complexity index is 739. The van der Waals surface area contributed by atoms with Gasteiger partial charge in [-0.25, -0.2) is 0 Å². The second-order valence-corrected chi connectivity index (χ2v) is 5.53. The molecule has 1 amide bonds. The zero-order valence-electron chi connectivity index (χ0n) is 12.9. The molecule has 118 valence electrons. The van der Waals surface area contributed by atoms with Crippen LogP contribution in [0.4, 0.5) is 0 Å². The standard InChI is InChI=1S/C17H17N3O3/c1-11(2)20-10-13(16(21)17(20)22)14-8-9-15(19-18-14)23-12-6-4-3-5-7-12/h3-9,11,21H,10H2,1-2H3. The van der Waals surface area contributed by atoms with E-state index < -0.39 is 0 Å². The van der Waals surface area contributed by atoms with Gasteiger partial charge in [-0.3, -0.25) is 4.79 Å². The Morgan fingerprint density at radius 3 is 2.43 bits per heavy atom. The van der Waals surface area contributed by atoms with Gasteiger partial charge >= 0.3 is 0 Å². The molecular weight excluding hydrogens is 294 g/mol. The summed E-state index contributed by atoms with van der Waals surface area (Å²) in [6.07, 6.45) is 0. The van der Waals surface area contributed by atoms with Crippen LogP contribution in [-0.2, 0) is 4.79 Å². The summed E-state index contributed by atoms with van der Waals surface area (Å²) in [5.74, 6) is 0.384. The van der Waals surface area contributed by atoms with Gasteiger partial charge in [0, 0.05) is 17.7 Å². The van der Waals surface area contributed by atoms with Gasteiger partial charge in [-0.2, -0.15) is 0 Å². The van der Waals surface area contributed by atoms with E-state index in [1.54, 1.807) is 17.0 Å². The molecule has 1 aromatic heterocycles. The molecule has 6 heteroatoms. The SMILES string of the molecule is CC(C)N1CC(c2ccc(Oc3ccccc3)nn2)=C(O)C1=O. The third-order valence-corrected chi connectivity index (χ3v) is 3.62. The molecule has 0 atom stereocenters. The lowest BCUT2D eigenvalue weighted by Gasteiger charge is -2.20. The number of carbonyl (C=O) groups is 1. The summed E-state index contributed by atoms with van der Waals surface area (Å²) in [6, 6.07) is 12.6. The Morgan fingerprint density at radius 1 is 1.13 bits per heavy atom. The Labute approximate surface area is 134 Å². The average molecular weight is 311 g/mol. The molecule has 6 nitrogen and oxygen atoms in total. The molecule has 0 saturated carbocycles. The summed E-state index contributed by atoms with van der Waals surface area (Å²) in [5.41, 5.74) is 0.960. The first-order chi connectivity index (χ1) is 11.1. The van der Waals surface area contributed by atoms with Gasteiger partial charge in [0.15, 0.2) is 5.76 Å². The van der Waals surface area contributed by atoms with Crippen molar-refractivity contribution in [3.05, 3.63) is 53.9 Å². The lowest BCUT2D eigenvalue weighted by atomic mass is 10.2. The summed E-state index contributed by atoms with van der Waals surface area (Å²) in [6.45, 7) is 4.13. The smallest absolute Gasteiger partial charge is 0.289 e. The fraction of sp³-hybridized carbons (Fsp3) is 0.235. The number of benzene rings is 1. The molecule has 2 heterocycles. The fourth-order valence-corrected chi connectivity index (χ4v) is 2.35. The number of hydrogen-bond acceptors (Lipinski definition) is 5. The van der Waals surface area contributed by atoms with Crippen molar-refractivity contribution >= 4 is 11.5 Å². The van der Waals surface area contributed by atoms with Crippen molar-refractivity contribution in [3.8, 4) is 11.6 Å². The third kappa shape index (κ3) is 3.01. The van der Waals surface area contributed by atoms with Gasteiger partial charge < -0.3 is 14.7 Å². The van der Waals surface area contributed by atoms with Crippen molar-refractivity contribution in [3.63, 3.8) is 0 Å². The first-order valence-electron chi connectivity index (χ1n) is 7.36. The highest BCUT2D eigenvalue weighted by atomic mass is 16.5. The van der Waals surface area contributed by atoms with E-state index in [4.69, 9.17) is 4.74 Å². The Kier molecular flexibility index (Phi) is 3.97. The van der Waals surface area contributed by atoms with E-state index in [1.165, 1.54) is 0 Å². The molecule has 1 N–H and O–H groups in total. The van der Waals surface area contributed by atoms with E-state index in [1.807, 2.05) is 44.2 Å². The fourth-order valence-electron chi connectivity index (χ4n) is 2.35. The second kappa shape index (κ2) is 6.08. The third-order valence-electron chi connectivity index (χ3n) is 3.62. The van der Waals surface area contributed by atoms with Crippen molar-refractivity contribution in [1.29, 1.82) is 0 Å².